The van der Waals surface area contributed by atoms with Crippen LogP contribution in [0.1, 0.15) is 17.2 Å². The van der Waals surface area contributed by atoms with Crippen LogP contribution in [0.5, 0.6) is 0 Å². The Bertz CT molecular complexity index is 947. The van der Waals surface area contributed by atoms with E-state index in [2.05, 4.69) is 20.9 Å². The molecule has 25 heavy (non-hydrogen) atoms. The predicted octanol–water partition coefficient (Wildman–Crippen LogP) is 4.25. The quantitative estimate of drug-likeness (QED) is 0.624. The molecule has 1 atom stereocenters. The van der Waals surface area contributed by atoms with E-state index in [1.807, 2.05) is 54.6 Å². The zero-order valence-electron chi connectivity index (χ0n) is 13.6. The minimum absolute atomic E-state index is 0.172. The third-order valence-corrected chi connectivity index (χ3v) is 6.52. The summed E-state index contributed by atoms with van der Waals surface area (Å²) in [6.45, 7) is 0. The molecule has 0 aliphatic carbocycles. The summed E-state index contributed by atoms with van der Waals surface area (Å²) in [4.78, 5) is 4.11. The highest BCUT2D eigenvalue weighted by molar-refractivity contribution is 9.10. The van der Waals surface area contributed by atoms with Crippen LogP contribution in [-0.2, 0) is 10.0 Å². The molecule has 1 aromatic heterocycles. The maximum Gasteiger partial charge on any atom is 0.245 e. The van der Waals surface area contributed by atoms with Gasteiger partial charge in [0, 0.05) is 23.9 Å². The van der Waals surface area contributed by atoms with E-state index in [0.29, 0.717) is 0 Å². The molecule has 4 nitrogen and oxygen atoms in total. The standard InChI is InChI=1S/C19H17BrN2O2S/c1-22(25(23,24)16-10-7-13-21-14-16)19(15-8-3-2-4-9-15)17-11-5-6-12-18(17)20/h2-14,19H,1H3. The van der Waals surface area contributed by atoms with Crippen LogP contribution in [0.25, 0.3) is 0 Å². The van der Waals surface area contributed by atoms with Gasteiger partial charge in [-0.3, -0.25) is 4.98 Å². The summed E-state index contributed by atoms with van der Waals surface area (Å²) in [7, 11) is -2.10. The zero-order chi connectivity index (χ0) is 17.9. The van der Waals surface area contributed by atoms with Crippen molar-refractivity contribution in [1.29, 1.82) is 0 Å². The average molecular weight is 417 g/mol. The van der Waals surface area contributed by atoms with Crippen molar-refractivity contribution in [3.63, 3.8) is 0 Å². The predicted molar refractivity (Wildman–Crippen MR) is 102 cm³/mol. The van der Waals surface area contributed by atoms with E-state index in [0.717, 1.165) is 15.6 Å². The number of benzene rings is 2. The Morgan fingerprint density at radius 2 is 1.64 bits per heavy atom. The van der Waals surface area contributed by atoms with Gasteiger partial charge in [-0.25, -0.2) is 8.42 Å². The largest absolute Gasteiger partial charge is 0.263 e. The summed E-state index contributed by atoms with van der Waals surface area (Å²) in [5.74, 6) is 0. The molecule has 128 valence electrons. The monoisotopic (exact) mass is 416 g/mol. The van der Waals surface area contributed by atoms with Gasteiger partial charge in [0.15, 0.2) is 0 Å². The maximum absolute atomic E-state index is 13.1. The fourth-order valence-corrected chi connectivity index (χ4v) is 4.51. The number of hydrogen-bond donors (Lipinski definition) is 0. The van der Waals surface area contributed by atoms with Gasteiger partial charge in [0.05, 0.1) is 6.04 Å². The Morgan fingerprint density at radius 3 is 2.28 bits per heavy atom. The Balaban J connectivity index is 2.14. The van der Waals surface area contributed by atoms with Crippen LogP contribution in [0.3, 0.4) is 0 Å². The molecule has 1 heterocycles. The SMILES string of the molecule is CN(C(c1ccccc1)c1ccccc1Br)S(=O)(=O)c1cccnc1. The molecule has 2 aromatic carbocycles. The molecule has 0 bridgehead atoms. The van der Waals surface area contributed by atoms with E-state index in [9.17, 15) is 8.42 Å². The van der Waals surface area contributed by atoms with Crippen molar-refractivity contribution in [3.05, 3.63) is 94.7 Å². The number of aromatic nitrogens is 1. The van der Waals surface area contributed by atoms with E-state index in [1.54, 1.807) is 25.4 Å². The van der Waals surface area contributed by atoms with Crippen LogP contribution in [0, 0.1) is 0 Å². The lowest BCUT2D eigenvalue weighted by molar-refractivity contribution is 0.417. The van der Waals surface area contributed by atoms with Crippen molar-refractivity contribution in [2.24, 2.45) is 0 Å². The normalized spacial score (nSPS) is 12.9. The van der Waals surface area contributed by atoms with Crippen LogP contribution < -0.4 is 0 Å². The molecule has 0 aliphatic heterocycles. The van der Waals surface area contributed by atoms with E-state index in [-0.39, 0.29) is 4.90 Å². The third-order valence-electron chi connectivity index (χ3n) is 3.99. The molecule has 3 aromatic rings. The van der Waals surface area contributed by atoms with Crippen molar-refractivity contribution in [2.45, 2.75) is 10.9 Å². The molecule has 0 radical (unpaired) electrons. The van der Waals surface area contributed by atoms with Crippen LogP contribution >= 0.6 is 15.9 Å². The van der Waals surface area contributed by atoms with Gasteiger partial charge in [0.1, 0.15) is 4.90 Å². The smallest absolute Gasteiger partial charge is 0.245 e. The Hall–Kier alpha value is -2.02. The molecule has 0 fully saturated rings. The highest BCUT2D eigenvalue weighted by Crippen LogP contribution is 2.35. The molecular formula is C19H17BrN2O2S. The summed E-state index contributed by atoms with van der Waals surface area (Å²) in [6, 6.07) is 20.0. The summed E-state index contributed by atoms with van der Waals surface area (Å²) in [5.41, 5.74) is 1.77. The van der Waals surface area contributed by atoms with Gasteiger partial charge in [-0.15, -0.1) is 0 Å². The van der Waals surface area contributed by atoms with Crippen molar-refractivity contribution in [3.8, 4) is 0 Å². The molecular weight excluding hydrogens is 400 g/mol. The molecule has 0 spiro atoms. The Kier molecular flexibility index (Phi) is 5.32. The zero-order valence-corrected chi connectivity index (χ0v) is 16.0. The highest BCUT2D eigenvalue weighted by Gasteiger charge is 2.31. The molecule has 0 amide bonds. The van der Waals surface area contributed by atoms with Gasteiger partial charge >= 0.3 is 0 Å². The van der Waals surface area contributed by atoms with E-state index in [1.165, 1.54) is 10.5 Å². The molecule has 0 saturated carbocycles. The van der Waals surface area contributed by atoms with E-state index >= 15 is 0 Å². The number of hydrogen-bond acceptors (Lipinski definition) is 3. The number of sulfonamides is 1. The lowest BCUT2D eigenvalue weighted by atomic mass is 9.99. The summed E-state index contributed by atoms with van der Waals surface area (Å²) in [5, 5.41) is 0. The second-order valence-corrected chi connectivity index (χ2v) is 8.40. The summed E-state index contributed by atoms with van der Waals surface area (Å²) >= 11 is 3.55. The van der Waals surface area contributed by atoms with Crippen molar-refractivity contribution in [1.82, 2.24) is 9.29 Å². The lowest BCUT2D eigenvalue weighted by Crippen LogP contribution is -2.32. The lowest BCUT2D eigenvalue weighted by Gasteiger charge is -2.29. The molecule has 6 heteroatoms. The second-order valence-electron chi connectivity index (χ2n) is 5.54. The molecule has 3 rings (SSSR count). The van der Waals surface area contributed by atoms with Gasteiger partial charge in [-0.2, -0.15) is 4.31 Å². The Labute approximate surface area is 156 Å². The van der Waals surface area contributed by atoms with Gasteiger partial charge in [0.25, 0.3) is 0 Å². The number of rotatable bonds is 5. The minimum Gasteiger partial charge on any atom is -0.263 e. The number of halogens is 1. The van der Waals surface area contributed by atoms with E-state index in [4.69, 9.17) is 0 Å². The third kappa shape index (κ3) is 3.66. The molecule has 0 aliphatic rings. The summed E-state index contributed by atoms with van der Waals surface area (Å²) in [6.07, 6.45) is 2.93. The highest BCUT2D eigenvalue weighted by atomic mass is 79.9. The minimum atomic E-state index is -3.70. The first kappa shape index (κ1) is 17.8. The van der Waals surface area contributed by atoms with E-state index < -0.39 is 16.1 Å². The van der Waals surface area contributed by atoms with Crippen LogP contribution in [-0.4, -0.2) is 24.8 Å². The van der Waals surface area contributed by atoms with Crippen molar-refractivity contribution in [2.75, 3.05) is 7.05 Å². The topological polar surface area (TPSA) is 50.3 Å². The van der Waals surface area contributed by atoms with Crippen molar-refractivity contribution >= 4 is 26.0 Å². The molecule has 1 unspecified atom stereocenters. The number of pyridine rings is 1. The number of nitrogens with zero attached hydrogens (tertiary/aromatic N) is 2. The molecule has 0 saturated heterocycles. The fourth-order valence-electron chi connectivity index (χ4n) is 2.72. The van der Waals surface area contributed by atoms with Crippen molar-refractivity contribution < 1.29 is 8.42 Å². The fraction of sp³-hybridized carbons (Fsp3) is 0.105. The first-order valence-electron chi connectivity index (χ1n) is 7.69. The van der Waals surface area contributed by atoms with Gasteiger partial charge < -0.3 is 0 Å². The second kappa shape index (κ2) is 7.47. The van der Waals surface area contributed by atoms with Crippen LogP contribution in [0.4, 0.5) is 0 Å². The first-order valence-corrected chi connectivity index (χ1v) is 9.92. The van der Waals surface area contributed by atoms with Crippen LogP contribution in [0.2, 0.25) is 0 Å². The van der Waals surface area contributed by atoms with Gasteiger partial charge in [0.2, 0.25) is 10.0 Å². The van der Waals surface area contributed by atoms with Crippen LogP contribution in [0.15, 0.2) is 88.5 Å². The average Bonchev–Trinajstić information content (AvgIpc) is 2.65. The maximum atomic E-state index is 13.1. The van der Waals surface area contributed by atoms with Gasteiger partial charge in [-0.05, 0) is 29.3 Å². The Morgan fingerprint density at radius 1 is 0.960 bits per heavy atom. The first-order chi connectivity index (χ1) is 12.0. The van der Waals surface area contributed by atoms with Gasteiger partial charge in [-0.1, -0.05) is 64.5 Å². The molecule has 0 N–H and O–H groups in total. The summed E-state index contributed by atoms with van der Waals surface area (Å²) < 4.78 is 28.5.